The molecule has 0 spiro atoms. The number of halogens is 3. The van der Waals surface area contributed by atoms with Crippen LogP contribution in [0.3, 0.4) is 0 Å². The molecule has 1 aliphatic heterocycles. The van der Waals surface area contributed by atoms with Gasteiger partial charge in [-0.3, -0.25) is 0 Å². The number of amides is 1. The molecule has 0 bridgehead atoms. The molecule has 1 atom stereocenters. The summed E-state index contributed by atoms with van der Waals surface area (Å²) in [5.41, 5.74) is 2.35. The van der Waals surface area contributed by atoms with E-state index in [4.69, 9.17) is 33.0 Å². The second-order valence-electron chi connectivity index (χ2n) is 8.33. The zero-order valence-corrected chi connectivity index (χ0v) is 18.4. The average Bonchev–Trinajstić information content (AvgIpc) is 3.21. The quantitative estimate of drug-likeness (QED) is 0.649. The number of hydrogen-bond acceptors (Lipinski definition) is 5. The van der Waals surface area contributed by atoms with Crippen molar-refractivity contribution >= 4 is 35.3 Å². The van der Waals surface area contributed by atoms with E-state index in [0.717, 1.165) is 30.7 Å². The molecule has 1 aliphatic carbocycles. The molecule has 3 heterocycles. The third kappa shape index (κ3) is 7.16. The largest absolute Gasteiger partial charge is 0.473 e. The van der Waals surface area contributed by atoms with Crippen molar-refractivity contribution in [2.45, 2.75) is 56.6 Å². The Morgan fingerprint density at radius 2 is 1.91 bits per heavy atom. The van der Waals surface area contributed by atoms with Gasteiger partial charge in [-0.1, -0.05) is 19.3 Å². The van der Waals surface area contributed by atoms with Gasteiger partial charge in [0.05, 0.1) is 31.0 Å². The smallest absolute Gasteiger partial charge is 0.408 e. The van der Waals surface area contributed by atoms with Gasteiger partial charge >= 0.3 is 12.3 Å². The highest BCUT2D eigenvalue weighted by Crippen LogP contribution is 2.37. The van der Waals surface area contributed by atoms with E-state index in [9.17, 15) is 18.0 Å². The third-order valence-corrected chi connectivity index (χ3v) is 5.50. The van der Waals surface area contributed by atoms with E-state index in [-0.39, 0.29) is 12.6 Å². The maximum absolute atomic E-state index is 12.0. The van der Waals surface area contributed by atoms with Crippen molar-refractivity contribution in [3.63, 3.8) is 0 Å². The fourth-order valence-corrected chi connectivity index (χ4v) is 3.94. The highest BCUT2D eigenvalue weighted by molar-refractivity contribution is 6.58. The molecule has 7 nitrogen and oxygen atoms in total. The summed E-state index contributed by atoms with van der Waals surface area (Å²) >= 11 is 0. The van der Waals surface area contributed by atoms with Crippen LogP contribution in [0.2, 0.25) is 0 Å². The maximum Gasteiger partial charge on any atom is 0.408 e. The Hall–Kier alpha value is -2.17. The fraction of sp³-hybridized carbons (Fsp3) is 0.650. The van der Waals surface area contributed by atoms with Gasteiger partial charge in [0.2, 0.25) is 0 Å². The van der Waals surface area contributed by atoms with Crippen LogP contribution in [0.1, 0.15) is 49.6 Å². The third-order valence-electron chi connectivity index (χ3n) is 5.50. The van der Waals surface area contributed by atoms with E-state index in [1.54, 1.807) is 16.8 Å². The number of carbonyl (C=O) groups excluding carboxylic acids is 1. The van der Waals surface area contributed by atoms with Crippen LogP contribution in [0.25, 0.3) is 5.65 Å². The number of ether oxygens (including phenoxy) is 2. The number of rotatable bonds is 2. The van der Waals surface area contributed by atoms with Crippen molar-refractivity contribution in [2.24, 2.45) is 5.92 Å². The van der Waals surface area contributed by atoms with E-state index < -0.39 is 23.5 Å². The molecule has 1 amide bonds. The molecule has 33 heavy (non-hydrogen) atoms. The van der Waals surface area contributed by atoms with E-state index >= 15 is 0 Å². The van der Waals surface area contributed by atoms with Crippen LogP contribution < -0.4 is 0 Å². The Morgan fingerprint density at radius 1 is 1.21 bits per heavy atom. The Kier molecular flexibility index (Phi) is 8.02. The van der Waals surface area contributed by atoms with Crippen molar-refractivity contribution in [3.8, 4) is 0 Å². The van der Waals surface area contributed by atoms with Gasteiger partial charge < -0.3 is 14.4 Å². The van der Waals surface area contributed by atoms with Crippen molar-refractivity contribution in [1.29, 1.82) is 0 Å². The summed E-state index contributed by atoms with van der Waals surface area (Å²) < 4.78 is 48.1. The number of aromatic nitrogens is 3. The summed E-state index contributed by atoms with van der Waals surface area (Å²) in [6, 6.07) is 3.68. The fourth-order valence-electron chi connectivity index (χ4n) is 3.94. The van der Waals surface area contributed by atoms with Gasteiger partial charge in [-0.15, -0.1) is 0 Å². The van der Waals surface area contributed by atoms with Crippen LogP contribution in [0.5, 0.6) is 0 Å². The monoisotopic (exact) mass is 458 g/mol. The minimum Gasteiger partial charge on any atom is -0.473 e. The lowest BCUT2D eigenvalue weighted by Crippen LogP contribution is -2.47. The first-order chi connectivity index (χ1) is 15.4. The molecule has 4 rings (SSSR count). The molecule has 2 aromatic heterocycles. The summed E-state index contributed by atoms with van der Waals surface area (Å²) in [4.78, 5) is 17.9. The van der Waals surface area contributed by atoms with Crippen LogP contribution >= 0.6 is 0 Å². The molecule has 0 aromatic carbocycles. The number of alkyl halides is 3. The van der Waals surface area contributed by atoms with Gasteiger partial charge in [-0.2, -0.15) is 18.3 Å². The topological polar surface area (TPSA) is 69.0 Å². The Morgan fingerprint density at radius 3 is 2.52 bits per heavy atom. The van der Waals surface area contributed by atoms with Crippen molar-refractivity contribution < 1.29 is 27.4 Å². The zero-order chi connectivity index (χ0) is 24.2. The summed E-state index contributed by atoms with van der Waals surface area (Å²) in [5.74, 6) is -0.999. The molecule has 2 aliphatic rings. The Bertz CT molecular complexity index is 946. The molecule has 172 valence electrons. The standard InChI is InChI=1S/C13H13B3N4O3.C7H11F3/c1-8-6-9(20-11(18-8)2-3-17-20)10-7-19(4-5-22-10)12(21)23-13(14,15)16;8-7(9,10)6-4-2-1-3-5-6/h2-3,6,10H,4-5,7H2,1H3;6H,1-5H2. The number of carbonyl (C=O) groups is 1. The first-order valence-corrected chi connectivity index (χ1v) is 10.8. The molecule has 6 radical (unpaired) electrons. The highest BCUT2D eigenvalue weighted by atomic mass is 19.4. The number of aryl methyl sites for hydroxylation is 1. The molecule has 1 saturated heterocycles. The van der Waals surface area contributed by atoms with Crippen LogP contribution in [-0.4, -0.2) is 80.3 Å². The van der Waals surface area contributed by atoms with Gasteiger partial charge in [0.25, 0.3) is 0 Å². The lowest BCUT2D eigenvalue weighted by molar-refractivity contribution is -0.181. The van der Waals surface area contributed by atoms with Gasteiger partial charge in [-0.25, -0.2) is 14.3 Å². The molecule has 1 saturated carbocycles. The SMILES string of the molecule is FC(F)(F)C1CCCCC1.[B]C([B])([B])OC(=O)N1CCOC(c2cc(C)nc3ccnn23)C1. The second kappa shape index (κ2) is 10.4. The van der Waals surface area contributed by atoms with Crippen LogP contribution in [-0.2, 0) is 9.47 Å². The lowest BCUT2D eigenvalue weighted by Gasteiger charge is -2.34. The second-order valence-corrected chi connectivity index (χ2v) is 8.33. The van der Waals surface area contributed by atoms with Crippen LogP contribution in [0, 0.1) is 12.8 Å². The molecular formula is C20H24B3F3N4O3. The predicted octanol–water partition coefficient (Wildman–Crippen LogP) is 2.79. The van der Waals surface area contributed by atoms with Gasteiger partial charge in [-0.05, 0) is 31.1 Å². The minimum absolute atomic E-state index is 0.271. The molecule has 0 N–H and O–H groups in total. The van der Waals surface area contributed by atoms with Crippen molar-refractivity contribution in [2.75, 3.05) is 19.7 Å². The average molecular weight is 458 g/mol. The zero-order valence-electron chi connectivity index (χ0n) is 18.4. The molecule has 2 aromatic rings. The summed E-state index contributed by atoms with van der Waals surface area (Å²) in [7, 11) is 15.9. The van der Waals surface area contributed by atoms with Crippen LogP contribution in [0.4, 0.5) is 18.0 Å². The molecule has 1 unspecified atom stereocenters. The minimum atomic E-state index is -3.93. The van der Waals surface area contributed by atoms with E-state index in [1.165, 1.54) is 4.90 Å². The van der Waals surface area contributed by atoms with Gasteiger partial charge in [0.1, 0.15) is 29.6 Å². The lowest BCUT2D eigenvalue weighted by atomic mass is 9.52. The van der Waals surface area contributed by atoms with E-state index in [1.807, 2.05) is 13.0 Å². The summed E-state index contributed by atoms with van der Waals surface area (Å²) in [5, 5.41) is 2.24. The van der Waals surface area contributed by atoms with E-state index in [2.05, 4.69) is 10.1 Å². The number of fused-ring (bicyclic) bond motifs is 1. The van der Waals surface area contributed by atoms with Gasteiger partial charge in [0.15, 0.2) is 5.65 Å². The summed E-state index contributed by atoms with van der Waals surface area (Å²) in [6.45, 7) is 2.86. The number of morpholine rings is 1. The first-order valence-electron chi connectivity index (χ1n) is 10.8. The molecule has 2 fully saturated rings. The van der Waals surface area contributed by atoms with Crippen LogP contribution in [0.15, 0.2) is 18.3 Å². The molecular weight excluding hydrogens is 434 g/mol. The Labute approximate surface area is 194 Å². The summed E-state index contributed by atoms with van der Waals surface area (Å²) in [6.07, 6.45) is -0.142. The van der Waals surface area contributed by atoms with Gasteiger partial charge in [0, 0.05) is 18.3 Å². The Balaban J connectivity index is 0.000000257. The molecule has 13 heteroatoms. The first kappa shape index (κ1) is 25.5. The number of hydrogen-bond donors (Lipinski definition) is 0. The van der Waals surface area contributed by atoms with Crippen molar-refractivity contribution in [1.82, 2.24) is 19.5 Å². The highest BCUT2D eigenvalue weighted by Gasteiger charge is 2.39. The van der Waals surface area contributed by atoms with E-state index in [0.29, 0.717) is 31.6 Å². The van der Waals surface area contributed by atoms with Crippen molar-refractivity contribution in [3.05, 3.63) is 29.7 Å². The predicted molar refractivity (Wildman–Crippen MR) is 117 cm³/mol. The number of nitrogens with zero attached hydrogens (tertiary/aromatic N) is 4. The normalized spacial score (nSPS) is 20.2. The maximum atomic E-state index is 12.0.